The van der Waals surface area contributed by atoms with Crippen LogP contribution in [0.5, 0.6) is 0 Å². The van der Waals surface area contributed by atoms with Crippen LogP contribution in [0.15, 0.2) is 35.4 Å². The number of aromatic nitrogens is 1. The summed E-state index contributed by atoms with van der Waals surface area (Å²) in [6.07, 6.45) is 1.98. The van der Waals surface area contributed by atoms with Gasteiger partial charge in [-0.15, -0.1) is 23.1 Å². The molecule has 0 unspecified atom stereocenters. The summed E-state index contributed by atoms with van der Waals surface area (Å²) in [5.41, 5.74) is 0. The molecule has 4 heteroatoms. The summed E-state index contributed by atoms with van der Waals surface area (Å²) in [4.78, 5) is 6.90. The van der Waals surface area contributed by atoms with Crippen LogP contribution in [-0.2, 0) is 5.75 Å². The molecule has 0 bridgehead atoms. The van der Waals surface area contributed by atoms with Crippen LogP contribution in [-0.4, -0.2) is 4.98 Å². The normalized spacial score (nSPS) is 11.1. The number of halogens is 1. The van der Waals surface area contributed by atoms with Gasteiger partial charge in [-0.3, -0.25) is 0 Å². The van der Waals surface area contributed by atoms with Crippen molar-refractivity contribution in [2.75, 3.05) is 0 Å². The largest absolute Gasteiger partial charge is 0.248 e. The topological polar surface area (TPSA) is 12.9 Å². The predicted molar refractivity (Wildman–Crippen MR) is 77.2 cm³/mol. The van der Waals surface area contributed by atoms with E-state index in [1.165, 1.54) is 9.88 Å². The van der Waals surface area contributed by atoms with E-state index in [1.807, 2.05) is 30.5 Å². The summed E-state index contributed by atoms with van der Waals surface area (Å²) in [6.45, 7) is 4.39. The van der Waals surface area contributed by atoms with Gasteiger partial charge in [-0.1, -0.05) is 37.6 Å². The highest BCUT2D eigenvalue weighted by Gasteiger charge is 2.07. The Hall–Kier alpha value is -0.510. The van der Waals surface area contributed by atoms with Crippen molar-refractivity contribution in [1.29, 1.82) is 0 Å². The second-order valence-electron chi connectivity index (χ2n) is 4.03. The molecule has 0 N–H and O–H groups in total. The van der Waals surface area contributed by atoms with Crippen LogP contribution >= 0.6 is 34.7 Å². The minimum absolute atomic E-state index is 0.562. The molecule has 0 aliphatic heterocycles. The summed E-state index contributed by atoms with van der Waals surface area (Å²) in [5.74, 6) is 1.45. The molecule has 0 atom stereocenters. The third-order valence-corrected chi connectivity index (χ3v) is 5.34. The number of rotatable bonds is 4. The van der Waals surface area contributed by atoms with Crippen molar-refractivity contribution in [2.45, 2.75) is 30.4 Å². The molecule has 0 amide bonds. The number of thioether (sulfide) groups is 1. The first-order chi connectivity index (χ1) is 8.16. The molecule has 1 aromatic carbocycles. The Morgan fingerprint density at radius 2 is 2.12 bits per heavy atom. The minimum atomic E-state index is 0.562. The third kappa shape index (κ3) is 3.47. The standard InChI is InChI=1S/C13H14ClNS2/c1-9(2)12-7-15-13(17-12)8-16-11-6-4-3-5-10(11)14/h3-7,9H,8H2,1-2H3. The summed E-state index contributed by atoms with van der Waals surface area (Å²) in [7, 11) is 0. The van der Waals surface area contributed by atoms with Gasteiger partial charge in [-0.05, 0) is 18.1 Å². The van der Waals surface area contributed by atoms with E-state index in [-0.39, 0.29) is 0 Å². The van der Waals surface area contributed by atoms with E-state index in [0.29, 0.717) is 5.92 Å². The fourth-order valence-electron chi connectivity index (χ4n) is 1.36. The predicted octanol–water partition coefficient (Wildman–Crippen LogP) is 5.21. The highest BCUT2D eigenvalue weighted by Crippen LogP contribution is 2.31. The van der Waals surface area contributed by atoms with Crippen LogP contribution in [0.3, 0.4) is 0 Å². The molecule has 1 aromatic heterocycles. The molecule has 0 spiro atoms. The lowest BCUT2D eigenvalue weighted by atomic mass is 10.2. The highest BCUT2D eigenvalue weighted by atomic mass is 35.5. The molecule has 0 aliphatic carbocycles. The Balaban J connectivity index is 2.00. The number of nitrogens with zero attached hydrogens (tertiary/aromatic N) is 1. The van der Waals surface area contributed by atoms with Crippen LogP contribution in [0.25, 0.3) is 0 Å². The molecular formula is C13H14ClNS2. The van der Waals surface area contributed by atoms with Crippen molar-refractivity contribution in [2.24, 2.45) is 0 Å². The summed E-state index contributed by atoms with van der Waals surface area (Å²) >= 11 is 9.64. The van der Waals surface area contributed by atoms with Gasteiger partial charge in [-0.25, -0.2) is 4.98 Å². The van der Waals surface area contributed by atoms with E-state index >= 15 is 0 Å². The van der Waals surface area contributed by atoms with Gasteiger partial charge in [0.1, 0.15) is 5.01 Å². The van der Waals surface area contributed by atoms with E-state index in [0.717, 1.165) is 15.7 Å². The lowest BCUT2D eigenvalue weighted by molar-refractivity contribution is 0.885. The van der Waals surface area contributed by atoms with Crippen LogP contribution in [0.2, 0.25) is 5.02 Å². The van der Waals surface area contributed by atoms with Crippen LogP contribution in [0, 0.1) is 0 Å². The molecule has 0 aliphatic rings. The van der Waals surface area contributed by atoms with E-state index < -0.39 is 0 Å². The third-order valence-electron chi connectivity index (χ3n) is 2.33. The van der Waals surface area contributed by atoms with Gasteiger partial charge in [0, 0.05) is 16.0 Å². The van der Waals surface area contributed by atoms with Gasteiger partial charge in [0.15, 0.2) is 0 Å². The van der Waals surface area contributed by atoms with E-state index in [4.69, 9.17) is 11.6 Å². The second-order valence-corrected chi connectivity index (χ2v) is 6.60. The molecular weight excluding hydrogens is 270 g/mol. The average molecular weight is 284 g/mol. The average Bonchev–Trinajstić information content (AvgIpc) is 2.77. The van der Waals surface area contributed by atoms with Crippen molar-refractivity contribution >= 4 is 34.7 Å². The number of hydrogen-bond donors (Lipinski definition) is 0. The molecule has 0 saturated carbocycles. The van der Waals surface area contributed by atoms with Gasteiger partial charge in [0.25, 0.3) is 0 Å². The molecule has 90 valence electrons. The molecule has 17 heavy (non-hydrogen) atoms. The molecule has 1 nitrogen and oxygen atoms in total. The number of hydrogen-bond acceptors (Lipinski definition) is 3. The summed E-state index contributed by atoms with van der Waals surface area (Å²) in [5, 5.41) is 1.98. The zero-order valence-corrected chi connectivity index (χ0v) is 12.2. The molecule has 0 fully saturated rings. The minimum Gasteiger partial charge on any atom is -0.248 e. The van der Waals surface area contributed by atoms with Crippen molar-refractivity contribution in [1.82, 2.24) is 4.98 Å². The first-order valence-electron chi connectivity index (χ1n) is 5.48. The fraction of sp³-hybridized carbons (Fsp3) is 0.308. The molecule has 2 rings (SSSR count). The highest BCUT2D eigenvalue weighted by molar-refractivity contribution is 7.98. The number of thiazole rings is 1. The van der Waals surface area contributed by atoms with E-state index in [2.05, 4.69) is 18.8 Å². The van der Waals surface area contributed by atoms with Gasteiger partial charge in [0.2, 0.25) is 0 Å². The van der Waals surface area contributed by atoms with Gasteiger partial charge in [-0.2, -0.15) is 0 Å². The van der Waals surface area contributed by atoms with E-state index in [9.17, 15) is 0 Å². The maximum Gasteiger partial charge on any atom is 0.103 e. The lowest BCUT2D eigenvalue weighted by Gasteiger charge is -2.01. The van der Waals surface area contributed by atoms with Crippen LogP contribution in [0.1, 0.15) is 29.7 Å². The lowest BCUT2D eigenvalue weighted by Crippen LogP contribution is -1.78. The Labute approximate surface area is 115 Å². The fourth-order valence-corrected chi connectivity index (χ4v) is 3.52. The molecule has 2 aromatic rings. The Morgan fingerprint density at radius 3 is 2.76 bits per heavy atom. The Morgan fingerprint density at radius 1 is 1.35 bits per heavy atom. The van der Waals surface area contributed by atoms with Gasteiger partial charge < -0.3 is 0 Å². The summed E-state index contributed by atoms with van der Waals surface area (Å²) in [6, 6.07) is 7.93. The van der Waals surface area contributed by atoms with Crippen LogP contribution in [0.4, 0.5) is 0 Å². The first kappa shape index (κ1) is 12.9. The SMILES string of the molecule is CC(C)c1cnc(CSc2ccccc2Cl)s1. The maximum absolute atomic E-state index is 6.11. The smallest absolute Gasteiger partial charge is 0.103 e. The Bertz CT molecular complexity index is 494. The van der Waals surface area contributed by atoms with Crippen molar-refractivity contribution in [3.8, 4) is 0 Å². The Kier molecular flexibility index (Phi) is 4.48. The quantitative estimate of drug-likeness (QED) is 0.714. The van der Waals surface area contributed by atoms with Crippen molar-refractivity contribution < 1.29 is 0 Å². The van der Waals surface area contributed by atoms with Gasteiger partial charge in [0.05, 0.1) is 10.8 Å². The van der Waals surface area contributed by atoms with Crippen LogP contribution < -0.4 is 0 Å². The maximum atomic E-state index is 6.11. The molecule has 0 radical (unpaired) electrons. The first-order valence-corrected chi connectivity index (χ1v) is 7.66. The monoisotopic (exact) mass is 283 g/mol. The van der Waals surface area contributed by atoms with E-state index in [1.54, 1.807) is 23.1 Å². The zero-order chi connectivity index (χ0) is 12.3. The van der Waals surface area contributed by atoms with Gasteiger partial charge >= 0.3 is 0 Å². The second kappa shape index (κ2) is 5.89. The van der Waals surface area contributed by atoms with Crippen molar-refractivity contribution in [3.05, 3.63) is 45.4 Å². The van der Waals surface area contributed by atoms with Crippen molar-refractivity contribution in [3.63, 3.8) is 0 Å². The summed E-state index contributed by atoms with van der Waals surface area (Å²) < 4.78 is 0. The molecule has 1 heterocycles. The molecule has 0 saturated heterocycles. The zero-order valence-electron chi connectivity index (χ0n) is 9.81. The number of benzene rings is 1.